The lowest BCUT2D eigenvalue weighted by atomic mass is 9.96. The number of hydrogen-bond donors (Lipinski definition) is 0. The van der Waals surface area contributed by atoms with Crippen LogP contribution in [-0.4, -0.2) is 54.1 Å². The summed E-state index contributed by atoms with van der Waals surface area (Å²) in [5, 5.41) is 2.35. The number of carbonyl (C=O) groups excluding carboxylic acids is 2. The summed E-state index contributed by atoms with van der Waals surface area (Å²) < 4.78 is 5.78. The molecule has 0 spiro atoms. The molecule has 1 aliphatic carbocycles. The molecule has 4 rings (SSSR count). The molecule has 0 bridgehead atoms. The molecule has 5 nitrogen and oxygen atoms in total. The van der Waals surface area contributed by atoms with Crippen molar-refractivity contribution < 1.29 is 14.3 Å². The smallest absolute Gasteiger partial charge is 0.327 e. The molecule has 2 fully saturated rings. The van der Waals surface area contributed by atoms with Crippen molar-refractivity contribution in [1.29, 1.82) is 0 Å². The topological polar surface area (TPSA) is 49.9 Å². The van der Waals surface area contributed by atoms with E-state index in [-0.39, 0.29) is 18.0 Å². The summed E-state index contributed by atoms with van der Waals surface area (Å²) in [5.74, 6) is -0.142. The predicted molar refractivity (Wildman–Crippen MR) is 99.9 cm³/mol. The molecule has 136 valence electrons. The first-order valence-electron chi connectivity index (χ1n) is 9.31. The van der Waals surface area contributed by atoms with Gasteiger partial charge >= 0.3 is 6.03 Å². The first-order valence-corrected chi connectivity index (χ1v) is 9.31. The molecule has 5 heteroatoms. The lowest BCUT2D eigenvalue weighted by Gasteiger charge is -2.27. The molecule has 1 heterocycles. The minimum absolute atomic E-state index is 0.142. The van der Waals surface area contributed by atoms with Crippen LogP contribution in [0.2, 0.25) is 0 Å². The number of hydrogen-bond acceptors (Lipinski definition) is 3. The first-order chi connectivity index (χ1) is 12.6. The van der Waals surface area contributed by atoms with E-state index >= 15 is 0 Å². The largest absolute Gasteiger partial charge is 0.376 e. The zero-order chi connectivity index (χ0) is 18.1. The lowest BCUT2D eigenvalue weighted by Crippen LogP contribution is -2.38. The number of carbonyl (C=O) groups is 2. The van der Waals surface area contributed by atoms with E-state index in [0.29, 0.717) is 19.6 Å². The van der Waals surface area contributed by atoms with Crippen molar-refractivity contribution in [2.45, 2.75) is 37.8 Å². The lowest BCUT2D eigenvalue weighted by molar-refractivity contribution is -0.131. The van der Waals surface area contributed by atoms with E-state index in [9.17, 15) is 9.59 Å². The van der Waals surface area contributed by atoms with E-state index in [1.165, 1.54) is 27.0 Å². The average molecular weight is 352 g/mol. The van der Waals surface area contributed by atoms with Gasteiger partial charge in [-0.25, -0.2) is 4.79 Å². The maximum atomic E-state index is 12.7. The number of urea groups is 1. The van der Waals surface area contributed by atoms with Crippen molar-refractivity contribution in [3.8, 4) is 0 Å². The van der Waals surface area contributed by atoms with Crippen LogP contribution >= 0.6 is 0 Å². The van der Waals surface area contributed by atoms with Crippen molar-refractivity contribution >= 4 is 22.7 Å². The van der Waals surface area contributed by atoms with Crippen LogP contribution in [0, 0.1) is 0 Å². The Kier molecular flexibility index (Phi) is 4.64. The summed E-state index contributed by atoms with van der Waals surface area (Å²) in [7, 11) is 1.69. The Morgan fingerprint density at radius 2 is 1.85 bits per heavy atom. The normalized spacial score (nSPS) is 20.9. The molecule has 0 aromatic heterocycles. The van der Waals surface area contributed by atoms with E-state index in [2.05, 4.69) is 24.3 Å². The van der Waals surface area contributed by atoms with Gasteiger partial charge < -0.3 is 9.64 Å². The molecule has 3 amide bonds. The fourth-order valence-electron chi connectivity index (χ4n) is 3.66. The van der Waals surface area contributed by atoms with E-state index in [0.717, 1.165) is 18.4 Å². The van der Waals surface area contributed by atoms with Crippen molar-refractivity contribution in [1.82, 2.24) is 9.80 Å². The maximum absolute atomic E-state index is 12.7. The fourth-order valence-corrected chi connectivity index (χ4v) is 3.66. The van der Waals surface area contributed by atoms with Crippen molar-refractivity contribution in [3.63, 3.8) is 0 Å². The highest BCUT2D eigenvalue weighted by molar-refractivity contribution is 6.04. The molecule has 2 aromatic carbocycles. The predicted octanol–water partition coefficient (Wildman–Crippen LogP) is 3.21. The van der Waals surface area contributed by atoms with Gasteiger partial charge in [0, 0.05) is 13.6 Å². The number of nitrogens with zero attached hydrogens (tertiary/aromatic N) is 2. The van der Waals surface area contributed by atoms with Gasteiger partial charge in [0.2, 0.25) is 0 Å². The molecule has 2 aromatic rings. The average Bonchev–Trinajstić information content (AvgIpc) is 2.82. The Labute approximate surface area is 153 Å². The standard InChI is InChI=1S/C21H24N2O3/c1-22-19(14-26-17-9-5-10-17)20(24)23(21(22)25)13-12-16-8-4-7-15-6-2-3-11-18(15)16/h2-4,6-8,11,17,19H,5,9-10,12-14H2,1H3. The van der Waals surface area contributed by atoms with Crippen LogP contribution in [0.4, 0.5) is 4.79 Å². The quantitative estimate of drug-likeness (QED) is 0.750. The van der Waals surface area contributed by atoms with Gasteiger partial charge in [-0.2, -0.15) is 0 Å². The van der Waals surface area contributed by atoms with Crippen molar-refractivity contribution in [3.05, 3.63) is 48.0 Å². The van der Waals surface area contributed by atoms with Crippen LogP contribution in [0.15, 0.2) is 42.5 Å². The molecule has 1 saturated heterocycles. The number of amides is 3. The highest BCUT2D eigenvalue weighted by Gasteiger charge is 2.43. The monoisotopic (exact) mass is 352 g/mol. The molecule has 1 unspecified atom stereocenters. The van der Waals surface area contributed by atoms with Crippen LogP contribution in [0.25, 0.3) is 10.8 Å². The highest BCUT2D eigenvalue weighted by Crippen LogP contribution is 2.25. The van der Waals surface area contributed by atoms with Gasteiger partial charge in [0.05, 0.1) is 12.7 Å². The number of likely N-dealkylation sites (N-methyl/N-ethyl adjacent to an activating group) is 1. The van der Waals surface area contributed by atoms with Gasteiger partial charge in [-0.1, -0.05) is 42.5 Å². The minimum Gasteiger partial charge on any atom is -0.376 e. The van der Waals surface area contributed by atoms with Crippen LogP contribution in [0.1, 0.15) is 24.8 Å². The number of rotatable bonds is 6. The summed E-state index contributed by atoms with van der Waals surface area (Å²) in [6.07, 6.45) is 4.22. The summed E-state index contributed by atoms with van der Waals surface area (Å²) in [6.45, 7) is 0.701. The second-order valence-electron chi connectivity index (χ2n) is 7.17. The highest BCUT2D eigenvalue weighted by atomic mass is 16.5. The molecular formula is C21H24N2O3. The molecule has 1 atom stereocenters. The third-order valence-electron chi connectivity index (χ3n) is 5.58. The Balaban J connectivity index is 1.43. The Hall–Kier alpha value is -2.40. The number of benzene rings is 2. The Morgan fingerprint density at radius 3 is 2.62 bits per heavy atom. The zero-order valence-corrected chi connectivity index (χ0v) is 15.1. The molecular weight excluding hydrogens is 328 g/mol. The zero-order valence-electron chi connectivity index (χ0n) is 15.1. The van der Waals surface area contributed by atoms with Crippen LogP contribution in [-0.2, 0) is 16.0 Å². The third kappa shape index (κ3) is 3.07. The van der Waals surface area contributed by atoms with Gasteiger partial charge in [0.25, 0.3) is 5.91 Å². The Bertz CT molecular complexity index is 826. The third-order valence-corrected chi connectivity index (χ3v) is 5.58. The molecule has 26 heavy (non-hydrogen) atoms. The summed E-state index contributed by atoms with van der Waals surface area (Å²) in [5.41, 5.74) is 1.15. The van der Waals surface area contributed by atoms with Crippen molar-refractivity contribution in [2.24, 2.45) is 0 Å². The van der Waals surface area contributed by atoms with Gasteiger partial charge in [0.1, 0.15) is 6.04 Å². The summed E-state index contributed by atoms with van der Waals surface area (Å²) in [4.78, 5) is 28.1. The molecule has 0 N–H and O–H groups in total. The number of fused-ring (bicyclic) bond motifs is 1. The molecule has 0 radical (unpaired) electrons. The van der Waals surface area contributed by atoms with E-state index < -0.39 is 6.04 Å². The SMILES string of the molecule is CN1C(=O)N(CCc2cccc3ccccc23)C(=O)C1COC1CCC1. The second kappa shape index (κ2) is 7.08. The summed E-state index contributed by atoms with van der Waals surface area (Å²) in [6, 6.07) is 13.6. The maximum Gasteiger partial charge on any atom is 0.327 e. The van der Waals surface area contributed by atoms with Crippen LogP contribution in [0.3, 0.4) is 0 Å². The van der Waals surface area contributed by atoms with E-state index in [4.69, 9.17) is 4.74 Å². The number of ether oxygens (including phenoxy) is 1. The Morgan fingerprint density at radius 1 is 1.08 bits per heavy atom. The molecule has 2 aliphatic rings. The van der Waals surface area contributed by atoms with Crippen LogP contribution in [0.5, 0.6) is 0 Å². The van der Waals surface area contributed by atoms with E-state index in [1.807, 2.05) is 18.2 Å². The first kappa shape index (κ1) is 17.0. The van der Waals surface area contributed by atoms with E-state index in [1.54, 1.807) is 7.05 Å². The molecule has 1 saturated carbocycles. The minimum atomic E-state index is -0.490. The van der Waals surface area contributed by atoms with Gasteiger partial charge in [-0.3, -0.25) is 9.69 Å². The fraction of sp³-hybridized carbons (Fsp3) is 0.429. The van der Waals surface area contributed by atoms with Gasteiger partial charge in [0.15, 0.2) is 0 Å². The second-order valence-corrected chi connectivity index (χ2v) is 7.17. The van der Waals surface area contributed by atoms with Gasteiger partial charge in [-0.05, 0) is 42.0 Å². The van der Waals surface area contributed by atoms with Crippen molar-refractivity contribution in [2.75, 3.05) is 20.2 Å². The van der Waals surface area contributed by atoms with Crippen LogP contribution < -0.4 is 0 Å². The summed E-state index contributed by atoms with van der Waals surface area (Å²) >= 11 is 0. The number of imide groups is 1. The molecule has 1 aliphatic heterocycles. The van der Waals surface area contributed by atoms with Gasteiger partial charge in [-0.15, -0.1) is 0 Å².